The number of hydrogen-bond acceptors (Lipinski definition) is 4. The molecule has 0 N–H and O–H groups in total. The van der Waals surface area contributed by atoms with E-state index in [9.17, 15) is 5.26 Å². The smallest absolute Gasteiger partial charge is 0.189 e. The number of nitriles is 1. The molecule has 9 aromatic carbocycles. The second-order valence-electron chi connectivity index (χ2n) is 16.2. The quantitative estimate of drug-likeness (QED) is 0.150. The number of rotatable bonds is 7. The van der Waals surface area contributed by atoms with E-state index in [1.807, 2.05) is 72.8 Å². The van der Waals surface area contributed by atoms with Crippen molar-refractivity contribution < 1.29 is 0 Å². The zero-order valence-corrected chi connectivity index (χ0v) is 35.3. The monoisotopic (exact) mass is 841 g/mol. The Bertz CT molecular complexity index is 3860. The number of benzene rings is 9. The van der Waals surface area contributed by atoms with Crippen molar-refractivity contribution in [2.45, 2.75) is 0 Å². The summed E-state index contributed by atoms with van der Waals surface area (Å²) in [6.07, 6.45) is 0. The summed E-state index contributed by atoms with van der Waals surface area (Å²) in [6.45, 7) is 7.71. The van der Waals surface area contributed by atoms with E-state index >= 15 is 0 Å². The molecular weight excluding hydrogens is 807 g/mol. The lowest BCUT2D eigenvalue weighted by Gasteiger charge is -2.17. The molecule has 0 unspecified atom stereocenters. The number of fused-ring (bicyclic) bond motifs is 6. The van der Waals surface area contributed by atoms with E-state index in [0.29, 0.717) is 28.7 Å². The van der Waals surface area contributed by atoms with Gasteiger partial charge in [-0.1, -0.05) is 146 Å². The summed E-state index contributed by atoms with van der Waals surface area (Å²) in [7, 11) is 0. The topological polar surface area (TPSA) is 76.7 Å². The van der Waals surface area contributed by atoms with Crippen molar-refractivity contribution >= 4 is 49.3 Å². The van der Waals surface area contributed by atoms with Gasteiger partial charge < -0.3 is 9.13 Å². The SMILES string of the molecule is [C-]#[N+]c1cc(C#N)cc(-c2ccc3c(c2)c2ccccc2n3-c2ccc(-c3cccc4c5ccccc5n(-c5ccccc5)c34)cc2-c2nc(-c3ccccc3)nc(-c3ccccc3)n2)c1. The molecule has 306 valence electrons. The number of nitrogens with zero attached hydrogens (tertiary/aromatic N) is 7. The van der Waals surface area contributed by atoms with E-state index in [0.717, 1.165) is 88.5 Å². The minimum atomic E-state index is 0.429. The maximum absolute atomic E-state index is 9.83. The van der Waals surface area contributed by atoms with Crippen LogP contribution in [0.5, 0.6) is 0 Å². The van der Waals surface area contributed by atoms with E-state index in [1.54, 1.807) is 6.07 Å². The van der Waals surface area contributed by atoms with Crippen molar-refractivity contribution in [3.05, 3.63) is 229 Å². The van der Waals surface area contributed by atoms with Crippen LogP contribution in [-0.2, 0) is 0 Å². The largest absolute Gasteiger partial charge is 0.309 e. The van der Waals surface area contributed by atoms with E-state index in [2.05, 4.69) is 154 Å². The maximum atomic E-state index is 9.83. The van der Waals surface area contributed by atoms with E-state index in [-0.39, 0.29) is 0 Å². The minimum Gasteiger partial charge on any atom is -0.309 e. The lowest BCUT2D eigenvalue weighted by atomic mass is 9.98. The molecular formula is C59H35N7. The van der Waals surface area contributed by atoms with Gasteiger partial charge in [0.2, 0.25) is 0 Å². The van der Waals surface area contributed by atoms with Crippen LogP contribution in [0.3, 0.4) is 0 Å². The second kappa shape index (κ2) is 15.7. The molecule has 0 saturated carbocycles. The molecule has 7 nitrogen and oxygen atoms in total. The summed E-state index contributed by atoms with van der Waals surface area (Å²) < 4.78 is 4.68. The lowest BCUT2D eigenvalue weighted by molar-refractivity contribution is 1.06. The maximum Gasteiger partial charge on any atom is 0.189 e. The first kappa shape index (κ1) is 38.3. The minimum absolute atomic E-state index is 0.429. The Balaban J connectivity index is 1.16. The second-order valence-corrected chi connectivity index (χ2v) is 16.2. The molecule has 0 atom stereocenters. The first-order valence-electron chi connectivity index (χ1n) is 21.7. The number of para-hydroxylation sites is 4. The van der Waals surface area contributed by atoms with Crippen LogP contribution in [0.25, 0.3) is 116 Å². The van der Waals surface area contributed by atoms with Crippen LogP contribution in [0.2, 0.25) is 0 Å². The van der Waals surface area contributed by atoms with Crippen LogP contribution in [0, 0.1) is 17.9 Å². The Kier molecular flexibility index (Phi) is 9.12. The zero-order chi connectivity index (χ0) is 44.1. The van der Waals surface area contributed by atoms with Gasteiger partial charge in [-0.25, -0.2) is 19.8 Å². The Hall–Kier alpha value is -9.43. The highest BCUT2D eigenvalue weighted by Gasteiger charge is 2.23. The van der Waals surface area contributed by atoms with Crippen LogP contribution in [-0.4, -0.2) is 24.1 Å². The first-order chi connectivity index (χ1) is 32.6. The van der Waals surface area contributed by atoms with Crippen LogP contribution in [0.4, 0.5) is 5.69 Å². The molecule has 12 aromatic rings. The standard InChI is InChI=1S/C59H35N7/c1-61-44-33-38(37-60)32-43(34-44)41-28-30-54-50(35-41)48-23-12-14-27-53(48)66(54)55-31-29-42(46-24-15-25-49-47-22-11-13-26-52(47)65(56(46)49)45-20-9-4-10-21-45)36-51(55)59-63-57(39-16-5-2-6-17-39)62-58(64-59)40-18-7-3-8-19-40/h2-36H. The molecule has 0 spiro atoms. The fourth-order valence-electron chi connectivity index (χ4n) is 9.42. The van der Waals surface area contributed by atoms with Gasteiger partial charge in [-0.15, -0.1) is 0 Å². The molecule has 0 amide bonds. The summed E-state index contributed by atoms with van der Waals surface area (Å²) in [4.78, 5) is 19.4. The Labute approximate surface area is 380 Å². The van der Waals surface area contributed by atoms with E-state index in [1.165, 1.54) is 5.39 Å². The average molecular weight is 842 g/mol. The van der Waals surface area contributed by atoms with Crippen molar-refractivity contribution in [1.29, 1.82) is 5.26 Å². The van der Waals surface area contributed by atoms with Gasteiger partial charge in [0, 0.05) is 55.0 Å². The number of aromatic nitrogens is 5. The van der Waals surface area contributed by atoms with Crippen molar-refractivity contribution in [3.8, 4) is 73.9 Å². The van der Waals surface area contributed by atoms with Crippen molar-refractivity contribution in [2.75, 3.05) is 0 Å². The highest BCUT2D eigenvalue weighted by molar-refractivity contribution is 6.14. The van der Waals surface area contributed by atoms with Gasteiger partial charge in [0.15, 0.2) is 23.2 Å². The van der Waals surface area contributed by atoms with Crippen LogP contribution in [0.15, 0.2) is 212 Å². The molecule has 0 radical (unpaired) electrons. The molecule has 12 rings (SSSR count). The predicted molar refractivity (Wildman–Crippen MR) is 267 cm³/mol. The Morgan fingerprint density at radius 3 is 1.67 bits per heavy atom. The summed E-state index contributed by atoms with van der Waals surface area (Å²) in [5, 5.41) is 14.3. The van der Waals surface area contributed by atoms with Gasteiger partial charge in [-0.2, -0.15) is 5.26 Å². The summed E-state index contributed by atoms with van der Waals surface area (Å²) in [5.41, 5.74) is 13.5. The molecule has 7 heteroatoms. The molecule has 0 aliphatic rings. The zero-order valence-electron chi connectivity index (χ0n) is 35.3. The third-order valence-electron chi connectivity index (χ3n) is 12.4. The molecule has 0 bridgehead atoms. The fraction of sp³-hybridized carbons (Fsp3) is 0. The van der Waals surface area contributed by atoms with Crippen LogP contribution < -0.4 is 0 Å². The van der Waals surface area contributed by atoms with Crippen molar-refractivity contribution in [2.24, 2.45) is 0 Å². The van der Waals surface area contributed by atoms with Gasteiger partial charge in [0.25, 0.3) is 0 Å². The van der Waals surface area contributed by atoms with Gasteiger partial charge in [-0.05, 0) is 83.4 Å². The molecule has 3 aromatic heterocycles. The molecule has 0 fully saturated rings. The normalized spacial score (nSPS) is 11.3. The van der Waals surface area contributed by atoms with Gasteiger partial charge in [-0.3, -0.25) is 0 Å². The van der Waals surface area contributed by atoms with Gasteiger partial charge >= 0.3 is 0 Å². The average Bonchev–Trinajstić information content (AvgIpc) is 3.91. The van der Waals surface area contributed by atoms with Crippen LogP contribution >= 0.6 is 0 Å². The molecule has 0 saturated heterocycles. The number of hydrogen-bond donors (Lipinski definition) is 0. The third kappa shape index (κ3) is 6.39. The Morgan fingerprint density at radius 2 is 0.985 bits per heavy atom. The van der Waals surface area contributed by atoms with Gasteiger partial charge in [0.05, 0.1) is 40.4 Å². The predicted octanol–water partition coefficient (Wildman–Crippen LogP) is 14.8. The summed E-state index contributed by atoms with van der Waals surface area (Å²) in [6, 6.07) is 74.9. The lowest BCUT2D eigenvalue weighted by Crippen LogP contribution is -2.04. The highest BCUT2D eigenvalue weighted by Crippen LogP contribution is 2.43. The van der Waals surface area contributed by atoms with E-state index in [4.69, 9.17) is 21.5 Å². The molecule has 3 heterocycles. The van der Waals surface area contributed by atoms with E-state index < -0.39 is 0 Å². The fourth-order valence-corrected chi connectivity index (χ4v) is 9.42. The molecule has 66 heavy (non-hydrogen) atoms. The summed E-state index contributed by atoms with van der Waals surface area (Å²) >= 11 is 0. The van der Waals surface area contributed by atoms with Crippen molar-refractivity contribution in [1.82, 2.24) is 24.1 Å². The van der Waals surface area contributed by atoms with Gasteiger partial charge in [0.1, 0.15) is 0 Å². The summed E-state index contributed by atoms with van der Waals surface area (Å²) in [5.74, 6) is 1.69. The molecule has 0 aliphatic carbocycles. The third-order valence-corrected chi connectivity index (χ3v) is 12.4. The Morgan fingerprint density at radius 1 is 0.409 bits per heavy atom. The van der Waals surface area contributed by atoms with Crippen LogP contribution in [0.1, 0.15) is 5.56 Å². The highest BCUT2D eigenvalue weighted by atomic mass is 15.1. The first-order valence-corrected chi connectivity index (χ1v) is 21.7. The van der Waals surface area contributed by atoms with Crippen molar-refractivity contribution in [3.63, 3.8) is 0 Å². The molecule has 0 aliphatic heterocycles.